The highest BCUT2D eigenvalue weighted by atomic mass is 16.7. The van der Waals surface area contributed by atoms with E-state index in [4.69, 9.17) is 9.90 Å². The Balaban J connectivity index is -0.0000000167. The fourth-order valence-corrected chi connectivity index (χ4v) is 0.481. The number of carbonyl (C=O) groups excluding carboxylic acids is 2. The molecular formula is C23H62O7. The van der Waals surface area contributed by atoms with Crippen LogP contribution in [0.1, 0.15) is 120 Å². The molecular weight excluding hydrogens is 388 g/mol. The second-order valence-electron chi connectivity index (χ2n) is 3.56. The van der Waals surface area contributed by atoms with Gasteiger partial charge in [-0.3, -0.25) is 9.59 Å². The molecule has 0 aromatic carbocycles. The molecule has 7 nitrogen and oxygen atoms in total. The monoisotopic (exact) mass is 450 g/mol. The summed E-state index contributed by atoms with van der Waals surface area (Å²) in [5, 5.41) is 7.42. The SMILES string of the molecule is C.C.C.C.C.C.CC.CC(=O)O.CCCC.CCOC(=O)OCC.CCOC(C)=O. The quantitative estimate of drug-likeness (QED) is 0.428. The molecule has 30 heavy (non-hydrogen) atoms. The van der Waals surface area contributed by atoms with Crippen LogP contribution >= 0.6 is 0 Å². The first-order valence-electron chi connectivity index (χ1n) is 8.35. The summed E-state index contributed by atoms with van der Waals surface area (Å²) in [6.07, 6.45) is 2.05. The average molecular weight is 451 g/mol. The van der Waals surface area contributed by atoms with E-state index in [9.17, 15) is 9.59 Å². The molecule has 196 valence electrons. The fraction of sp³-hybridized carbons (Fsp3) is 0.870. The first kappa shape index (κ1) is 70.5. The molecule has 0 atom stereocenters. The van der Waals surface area contributed by atoms with Crippen LogP contribution in [-0.2, 0) is 23.8 Å². The molecule has 0 radical (unpaired) electrons. The van der Waals surface area contributed by atoms with E-state index in [1.54, 1.807) is 20.8 Å². The third-order valence-corrected chi connectivity index (χ3v) is 1.37. The highest BCUT2D eigenvalue weighted by Crippen LogP contribution is 1.81. The summed E-state index contributed by atoms with van der Waals surface area (Å²) in [6, 6.07) is 0. The van der Waals surface area contributed by atoms with Gasteiger partial charge in [-0.15, -0.1) is 0 Å². The minimum Gasteiger partial charge on any atom is -0.481 e. The number of unbranched alkanes of at least 4 members (excludes halogenated alkanes) is 1. The van der Waals surface area contributed by atoms with Crippen molar-refractivity contribution in [3.8, 4) is 0 Å². The van der Waals surface area contributed by atoms with Gasteiger partial charge in [0.05, 0.1) is 19.8 Å². The molecule has 0 heterocycles. The molecule has 0 saturated carbocycles. The van der Waals surface area contributed by atoms with Crippen LogP contribution in [0.2, 0.25) is 0 Å². The Morgan fingerprint density at radius 1 is 0.600 bits per heavy atom. The summed E-state index contributed by atoms with van der Waals surface area (Å²) < 4.78 is 13.2. The Kier molecular flexibility index (Phi) is 190. The molecule has 0 aliphatic carbocycles. The van der Waals surface area contributed by atoms with E-state index in [1.165, 1.54) is 19.8 Å². The molecule has 1 N–H and O–H groups in total. The predicted molar refractivity (Wildman–Crippen MR) is 137 cm³/mol. The van der Waals surface area contributed by atoms with Crippen molar-refractivity contribution in [3.05, 3.63) is 0 Å². The molecule has 0 aliphatic rings. The lowest BCUT2D eigenvalue weighted by atomic mass is 10.4. The van der Waals surface area contributed by atoms with Crippen LogP contribution in [0.25, 0.3) is 0 Å². The van der Waals surface area contributed by atoms with E-state index in [1.807, 2.05) is 13.8 Å². The van der Waals surface area contributed by atoms with Crippen LogP contribution in [0.4, 0.5) is 4.79 Å². The van der Waals surface area contributed by atoms with Gasteiger partial charge in [0.25, 0.3) is 5.97 Å². The van der Waals surface area contributed by atoms with Crippen LogP contribution < -0.4 is 0 Å². The van der Waals surface area contributed by atoms with Crippen LogP contribution in [0.15, 0.2) is 0 Å². The standard InChI is InChI=1S/C5H10O3.C4H8O2.C4H10.C2H4O2.C2H6.6CH4/c1-3-7-5(6)8-4-2;1-3-6-4(2)5;1-3-4-2;1-2(3)4;1-2;;;;;;/h3-4H2,1-2H3;3H2,1-2H3;3-4H2,1-2H3;1H3,(H,3,4);1-2H3;6*1H4. The van der Waals surface area contributed by atoms with Gasteiger partial charge >= 0.3 is 12.1 Å². The molecule has 0 unspecified atom stereocenters. The molecule has 7 heteroatoms. The van der Waals surface area contributed by atoms with Gasteiger partial charge in [-0.2, -0.15) is 0 Å². The van der Waals surface area contributed by atoms with Gasteiger partial charge in [0.2, 0.25) is 0 Å². The number of aliphatic carboxylic acids is 1. The van der Waals surface area contributed by atoms with Gasteiger partial charge in [-0.25, -0.2) is 4.79 Å². The summed E-state index contributed by atoms with van der Waals surface area (Å²) in [5.41, 5.74) is 0. The van der Waals surface area contributed by atoms with Crippen LogP contribution in [0.5, 0.6) is 0 Å². The first-order chi connectivity index (χ1) is 11.2. The maximum atomic E-state index is 10.2. The largest absolute Gasteiger partial charge is 0.508 e. The minimum absolute atomic E-state index is 0. The van der Waals surface area contributed by atoms with Gasteiger partial charge in [-0.1, -0.05) is 85.1 Å². The number of rotatable bonds is 4. The van der Waals surface area contributed by atoms with Crippen molar-refractivity contribution in [2.45, 2.75) is 120 Å². The van der Waals surface area contributed by atoms with Crippen molar-refractivity contribution in [3.63, 3.8) is 0 Å². The van der Waals surface area contributed by atoms with Crippen molar-refractivity contribution in [1.29, 1.82) is 0 Å². The molecule has 0 spiro atoms. The number of carboxylic acid groups (broad SMARTS) is 1. The Bertz CT molecular complexity index is 242. The van der Waals surface area contributed by atoms with Crippen molar-refractivity contribution in [1.82, 2.24) is 0 Å². The normalized spacial score (nSPS) is 5.77. The van der Waals surface area contributed by atoms with E-state index in [-0.39, 0.29) is 50.5 Å². The Hall–Kier alpha value is -1.79. The average Bonchev–Trinajstić information content (AvgIpc) is 2.50. The molecule has 0 aromatic heterocycles. The van der Waals surface area contributed by atoms with Crippen molar-refractivity contribution in [2.24, 2.45) is 0 Å². The second-order valence-corrected chi connectivity index (χ2v) is 3.56. The highest BCUT2D eigenvalue weighted by molar-refractivity contribution is 5.65. The summed E-state index contributed by atoms with van der Waals surface area (Å²) >= 11 is 0. The lowest BCUT2D eigenvalue weighted by Crippen LogP contribution is -2.05. The Morgan fingerprint density at radius 3 is 0.867 bits per heavy atom. The maximum absolute atomic E-state index is 10.2. The van der Waals surface area contributed by atoms with Crippen LogP contribution in [0, 0.1) is 0 Å². The van der Waals surface area contributed by atoms with Gasteiger partial charge in [0, 0.05) is 13.8 Å². The molecule has 0 amide bonds. The van der Waals surface area contributed by atoms with Crippen molar-refractivity contribution < 1.29 is 33.7 Å². The van der Waals surface area contributed by atoms with E-state index in [0.29, 0.717) is 19.8 Å². The topological polar surface area (TPSA) is 99.1 Å². The molecule has 0 bridgehead atoms. The number of esters is 1. The summed E-state index contributed by atoms with van der Waals surface area (Å²) in [4.78, 5) is 29.0. The summed E-state index contributed by atoms with van der Waals surface area (Å²) in [5.74, 6) is -1.04. The zero-order valence-corrected chi connectivity index (χ0v) is 16.9. The van der Waals surface area contributed by atoms with Gasteiger partial charge in [0.1, 0.15) is 0 Å². The Morgan fingerprint density at radius 2 is 0.800 bits per heavy atom. The van der Waals surface area contributed by atoms with Crippen molar-refractivity contribution >= 4 is 18.1 Å². The predicted octanol–water partition coefficient (Wildman–Crippen LogP) is 8.49. The van der Waals surface area contributed by atoms with Gasteiger partial charge in [-0.05, 0) is 20.8 Å². The third kappa shape index (κ3) is 247. The van der Waals surface area contributed by atoms with E-state index in [2.05, 4.69) is 28.1 Å². The maximum Gasteiger partial charge on any atom is 0.508 e. The Labute approximate surface area is 191 Å². The molecule has 0 aliphatic heterocycles. The third-order valence-electron chi connectivity index (χ3n) is 1.37. The zero-order valence-electron chi connectivity index (χ0n) is 16.9. The van der Waals surface area contributed by atoms with E-state index >= 15 is 0 Å². The molecule has 0 aromatic rings. The molecule has 0 saturated heterocycles. The van der Waals surface area contributed by atoms with E-state index < -0.39 is 12.1 Å². The number of hydrogen-bond donors (Lipinski definition) is 1. The summed E-state index contributed by atoms with van der Waals surface area (Å²) in [6.45, 7) is 17.3. The molecule has 0 fully saturated rings. The molecule has 0 rings (SSSR count). The number of hydrogen-bond acceptors (Lipinski definition) is 6. The van der Waals surface area contributed by atoms with E-state index in [0.717, 1.165) is 6.92 Å². The zero-order chi connectivity index (χ0) is 20.4. The fourth-order valence-electron chi connectivity index (χ4n) is 0.481. The number of carbonyl (C=O) groups is 3. The first-order valence-corrected chi connectivity index (χ1v) is 8.35. The lowest BCUT2D eigenvalue weighted by molar-refractivity contribution is -0.140. The number of ether oxygens (including phenoxy) is 3. The lowest BCUT2D eigenvalue weighted by Gasteiger charge is -1.98. The second kappa shape index (κ2) is 80.8. The number of carboxylic acids is 1. The smallest absolute Gasteiger partial charge is 0.481 e. The van der Waals surface area contributed by atoms with Gasteiger partial charge < -0.3 is 19.3 Å². The minimum atomic E-state index is -0.833. The van der Waals surface area contributed by atoms with Crippen LogP contribution in [0.3, 0.4) is 0 Å². The summed E-state index contributed by atoms with van der Waals surface area (Å²) in [7, 11) is 0. The van der Waals surface area contributed by atoms with Gasteiger partial charge in [0.15, 0.2) is 0 Å². The van der Waals surface area contributed by atoms with Crippen LogP contribution in [-0.4, -0.2) is 43.0 Å². The highest BCUT2D eigenvalue weighted by Gasteiger charge is 1.96. The van der Waals surface area contributed by atoms with Crippen molar-refractivity contribution in [2.75, 3.05) is 19.8 Å².